The van der Waals surface area contributed by atoms with Crippen LogP contribution in [0.5, 0.6) is 0 Å². The maximum absolute atomic E-state index is 9.94. The summed E-state index contributed by atoms with van der Waals surface area (Å²) in [7, 11) is 0. The molecule has 147 heavy (non-hydrogen) atoms. The van der Waals surface area contributed by atoms with Crippen LogP contribution in [0.2, 0.25) is 0 Å². The zero-order valence-corrected chi connectivity index (χ0v) is 73.2. The maximum atomic E-state index is 9.94. The quantitative estimate of drug-likeness (QED) is 0.114. The van der Waals surface area contributed by atoms with Gasteiger partial charge in [-0.25, -0.2) is 0 Å². The van der Waals surface area contributed by atoms with Crippen molar-refractivity contribution in [2.45, 2.75) is 0 Å². The van der Waals surface area contributed by atoms with Crippen LogP contribution in [-0.2, 0) is 0 Å². The topological polar surface area (TPSA) is 39.4 Å². The molecule has 0 spiro atoms. The van der Waals surface area contributed by atoms with E-state index >= 15 is 0 Å². The number of fused-ring (bicyclic) bond motifs is 21. The van der Waals surface area contributed by atoms with Crippen LogP contribution in [0, 0.1) is 0 Å². The van der Waals surface area contributed by atoms with E-state index in [2.05, 4.69) is 0 Å². The molecule has 684 valence electrons. The lowest BCUT2D eigenvalue weighted by Gasteiger charge is -2.20. The first-order valence-electron chi connectivity index (χ1n) is 88.2. The Kier molecular flexibility index (Phi) is 8.39. The summed E-state index contributed by atoms with van der Waals surface area (Å²) < 4.78 is 828. The molecule has 30 rings (SSSR count). The Hall–Kier alpha value is -19.3. The lowest BCUT2D eigenvalue weighted by Crippen LogP contribution is -1.92. The van der Waals surface area contributed by atoms with E-state index in [1.165, 1.54) is 0 Å². The van der Waals surface area contributed by atoms with Gasteiger partial charge >= 0.3 is 0 Å². The first-order chi connectivity index (χ1) is 110. The number of benzene rings is 27. The average Bonchev–Trinajstić information content (AvgIpc) is 1.67. The lowest BCUT2D eigenvalue weighted by molar-refractivity contribution is 0.672. The minimum absolute atomic E-state index is 0.428. The molecule has 0 N–H and O–H groups in total. The number of furan rings is 3. The van der Waals surface area contributed by atoms with Crippen LogP contribution in [-0.4, -0.2) is 0 Å². The fourth-order valence-electron chi connectivity index (χ4n) is 17.2. The van der Waals surface area contributed by atoms with Gasteiger partial charge in [0, 0.05) is 48.5 Å². The molecule has 0 radical (unpaired) electrons. The van der Waals surface area contributed by atoms with Crippen molar-refractivity contribution in [2.24, 2.45) is 0 Å². The molecule has 3 nitrogen and oxygen atoms in total. The first kappa shape index (κ1) is 34.2. The molecule has 0 aliphatic rings. The highest BCUT2D eigenvalue weighted by Gasteiger charge is 2.26. The smallest absolute Gasteiger partial charge is 0.143 e. The molecule has 3 heterocycles. The van der Waals surface area contributed by atoms with Crippen LogP contribution in [0.15, 0.2) is 557 Å². The van der Waals surface area contributed by atoms with Crippen molar-refractivity contribution in [3.8, 4) is 134 Å². The maximum Gasteiger partial charge on any atom is 0.143 e. The van der Waals surface area contributed by atoms with Crippen molar-refractivity contribution >= 4 is 163 Å². The van der Waals surface area contributed by atoms with Gasteiger partial charge in [-0.3, -0.25) is 0 Å². The summed E-state index contributed by atoms with van der Waals surface area (Å²) in [6.07, 6.45) is 0. The Bertz CT molecular complexity index is 16000. The molecule has 0 bridgehead atoms. The molecule has 0 unspecified atom stereocenters. The minimum Gasteiger partial charge on any atom is -0.455 e. The molecule has 0 saturated heterocycles. The van der Waals surface area contributed by atoms with Crippen molar-refractivity contribution < 1.29 is 137 Å². The minimum atomic E-state index is -1.18. The fourth-order valence-corrected chi connectivity index (χ4v) is 17.2. The summed E-state index contributed by atoms with van der Waals surface area (Å²) >= 11 is 0. The highest BCUT2D eigenvalue weighted by atomic mass is 16.3. The van der Waals surface area contributed by atoms with Gasteiger partial charge in [-0.05, 0) is 287 Å². The van der Waals surface area contributed by atoms with Crippen LogP contribution >= 0.6 is 0 Å². The third kappa shape index (κ3) is 15.0. The van der Waals surface area contributed by atoms with Gasteiger partial charge in [0.1, 0.15) is 33.5 Å². The lowest BCUT2D eigenvalue weighted by atomic mass is 9.83. The number of rotatable bonds is 12. The van der Waals surface area contributed by atoms with Crippen molar-refractivity contribution in [1.29, 1.82) is 0 Å². The predicted octanol–water partition coefficient (Wildman–Crippen LogP) is 41.1. The van der Waals surface area contributed by atoms with Gasteiger partial charge in [0.15, 0.2) is 0 Å². The summed E-state index contributed by atoms with van der Waals surface area (Å²) in [4.78, 5) is 0. The van der Waals surface area contributed by atoms with Gasteiger partial charge < -0.3 is 13.3 Å². The Morgan fingerprint density at radius 3 is 0.612 bits per heavy atom. The van der Waals surface area contributed by atoms with Crippen molar-refractivity contribution in [3.05, 3.63) is 544 Å². The molecule has 0 fully saturated rings. The summed E-state index contributed by atoms with van der Waals surface area (Å²) in [5, 5.41) is -15.6. The SMILES string of the molecule is [2H]c1c([2H])c([2H])c(-c2c([2H])c(-c3c([2H])c([2H])c([2H])c([2H])c3[2H])c([2H])c(-c3c4c([2H])c([2H])c([2H])c([2H])c4c(-c4c([2H])c([2H])c5oc6c7c([2H])c([2H])c([2H])c([2H])c7c([2H])c([2H])c6c5c4[2H])c4c([2H])c([2H])c([2H])c([2H])c34)c2[2H])c([2H])c1[2H].[2H]c1c([2H])c([2H])c(-c2c([2H])c([2H])c(-c3c([2H])c([2H])c(-c4c5c([2H])c([2H])c([2H])c([2H])c5c(-c5c([2H])c([2H])c6oc7c8c([2H])c([2H])c([2H])c([2H])c8c([2H])c([2H])c7c6c5[2H])c5c([2H])c([2H])c([2H])c([2H])c45)c([2H])c3[2H])c([2H])c2[2H])c([2H])c1[2H].[2H]c1c([2H])c([2H])c(-c2c([2H])c([2H])c(-c3c([2H])c([2H])c([2H])c([2H])c3-c3c4c([2H])c([2H])c([2H])c([2H])c4c(-c4c([2H])c([2H])c5oc6c7c([2H])c([2H])c([2H])c([2H])c7c([2H])c([2H])c6c5c4[2H])c4c([2H])c([2H])c([2H])c([2H])c34)c([2H])c2[2H])c([2H])c1[2H]. The van der Waals surface area contributed by atoms with Gasteiger partial charge in [-0.15, -0.1) is 0 Å². The Morgan fingerprint density at radius 1 is 0.109 bits per heavy atom. The standard InChI is InChI=1S/3C48H30O/c1-3-13-31(14-4-1)35-27-36(32-15-5-2-6-16-32)29-37(28-35)47-41-21-11-9-19-39(41)46(40-20-10-12-22-42(40)47)34-24-26-45-44(30-34)43-25-23-33-17-7-8-18-38(33)48(43)49-45;1-2-10-31(11-3-1)32-18-20-33(21-19-32)34-22-24-36(25-23-34)46-39-14-6-8-16-41(39)47(42-17-9-7-15-40(42)46)37-27-29-45-44(30-37)43-28-26-35-12-4-5-13-38(35)48(43)49-45;1-2-12-31(13-3-1)32-22-24-34(25-23-32)36-15-6-7-17-38(36)47-41-20-10-8-18-39(41)46(40-19-9-11-21-42(40)47)35-27-29-45-44(30-35)43-28-26-33-14-4-5-16-37(33)48(43)49-45/h3*1-30H/i3*1D,2D,3D,4D,5D,6D,7D,8D,9D,10D,11D,12D,13D,14D,15D,16D,17D,18D,19D,20D,21D,22D,23D,24D,25D,26D,27D,28D,29D,30D. The van der Waals surface area contributed by atoms with E-state index in [4.69, 9.17) is 90.0 Å². The van der Waals surface area contributed by atoms with Gasteiger partial charge in [0.05, 0.1) is 123 Å². The molecule has 0 aliphatic carbocycles. The fraction of sp³-hybridized carbons (Fsp3) is 0. The molecule has 3 heteroatoms. The molecule has 27 aromatic carbocycles. The van der Waals surface area contributed by atoms with E-state index in [0.29, 0.717) is 0 Å². The zero-order chi connectivity index (χ0) is 175. The molecule has 3 aromatic heterocycles. The Morgan fingerprint density at radius 2 is 0.313 bits per heavy atom. The molecule has 0 aliphatic heterocycles. The van der Waals surface area contributed by atoms with Crippen LogP contribution in [0.25, 0.3) is 296 Å². The van der Waals surface area contributed by atoms with E-state index in [1.807, 2.05) is 0 Å². The zero-order valence-electron chi connectivity index (χ0n) is 163. The predicted molar refractivity (Wildman–Crippen MR) is 624 cm³/mol. The van der Waals surface area contributed by atoms with E-state index in [-0.39, 0.29) is 0 Å². The highest BCUT2D eigenvalue weighted by molar-refractivity contribution is 6.28. The molecular weight excluding hydrogens is 1780 g/mol. The number of hydrogen-bond acceptors (Lipinski definition) is 3. The third-order valence-electron chi connectivity index (χ3n) is 23.5. The summed E-state index contributed by atoms with van der Waals surface area (Å²) in [5.41, 5.74) is -24.2. The van der Waals surface area contributed by atoms with E-state index in [9.17, 15) is 46.6 Å². The Balaban J connectivity index is 0.000000152. The summed E-state index contributed by atoms with van der Waals surface area (Å²) in [6, 6.07) is -87.7. The second-order valence-corrected chi connectivity index (χ2v) is 31.5. The Labute approximate surface area is 975 Å². The van der Waals surface area contributed by atoms with Gasteiger partial charge in [0.25, 0.3) is 0 Å². The first-order valence-corrected chi connectivity index (χ1v) is 43.2. The van der Waals surface area contributed by atoms with Crippen LogP contribution in [0.3, 0.4) is 0 Å². The van der Waals surface area contributed by atoms with Crippen molar-refractivity contribution in [3.63, 3.8) is 0 Å². The van der Waals surface area contributed by atoms with Crippen molar-refractivity contribution in [1.82, 2.24) is 0 Å². The van der Waals surface area contributed by atoms with Crippen molar-refractivity contribution in [2.75, 3.05) is 0 Å². The second-order valence-electron chi connectivity index (χ2n) is 31.5. The van der Waals surface area contributed by atoms with Crippen LogP contribution in [0.1, 0.15) is 123 Å². The van der Waals surface area contributed by atoms with E-state index in [0.717, 1.165) is 0 Å². The molecule has 0 amide bonds. The van der Waals surface area contributed by atoms with Crippen LogP contribution in [0.4, 0.5) is 0 Å². The second kappa shape index (κ2) is 36.0. The molecule has 30 aromatic rings. The van der Waals surface area contributed by atoms with E-state index in [1.54, 1.807) is 0 Å². The van der Waals surface area contributed by atoms with Crippen LogP contribution < -0.4 is 0 Å². The molecule has 0 saturated carbocycles. The number of hydrogen-bond donors (Lipinski definition) is 0. The summed E-state index contributed by atoms with van der Waals surface area (Å²) in [5.74, 6) is 0. The highest BCUT2D eigenvalue weighted by Crippen LogP contribution is 2.53. The third-order valence-corrected chi connectivity index (χ3v) is 23.5. The van der Waals surface area contributed by atoms with Gasteiger partial charge in [0.2, 0.25) is 0 Å². The van der Waals surface area contributed by atoms with E-state index < -0.39 is 840 Å². The monoisotopic (exact) mass is 1960 g/mol. The molecular formula is C144H90O3. The molecule has 0 atom stereocenters. The average molecular weight is 1960 g/mol. The summed E-state index contributed by atoms with van der Waals surface area (Å²) in [6.45, 7) is 0. The van der Waals surface area contributed by atoms with Gasteiger partial charge in [-0.1, -0.05) is 471 Å². The normalized spacial score (nSPS) is 20.2. The van der Waals surface area contributed by atoms with Gasteiger partial charge in [-0.2, -0.15) is 0 Å². The largest absolute Gasteiger partial charge is 0.455 e.